The summed E-state index contributed by atoms with van der Waals surface area (Å²) in [7, 11) is 3.84. The van der Waals surface area contributed by atoms with Gasteiger partial charge in [-0.2, -0.15) is 0 Å². The number of aliphatic hydroxyl groups is 1. The van der Waals surface area contributed by atoms with Gasteiger partial charge in [-0.1, -0.05) is 6.07 Å². The summed E-state index contributed by atoms with van der Waals surface area (Å²) in [6.45, 7) is 1.96. The smallest absolute Gasteiger partial charge is 0.339 e. The standard InChI is InChI=1S/C12H16BrNO3/c1-4-17-12(16)11(15)8-5-6-10(14(2)3)9(13)7-8/h5-7,11,15H,4H2,1-3H3. The molecule has 0 aromatic heterocycles. The fourth-order valence-corrected chi connectivity index (χ4v) is 2.16. The van der Waals surface area contributed by atoms with Gasteiger partial charge in [0, 0.05) is 18.6 Å². The van der Waals surface area contributed by atoms with Crippen LogP contribution in [0.1, 0.15) is 18.6 Å². The average molecular weight is 302 g/mol. The number of rotatable bonds is 4. The summed E-state index contributed by atoms with van der Waals surface area (Å²) >= 11 is 3.40. The lowest BCUT2D eigenvalue weighted by Crippen LogP contribution is -2.16. The molecule has 0 heterocycles. The molecule has 0 radical (unpaired) electrons. The van der Waals surface area contributed by atoms with E-state index in [0.717, 1.165) is 10.2 Å². The quantitative estimate of drug-likeness (QED) is 0.866. The number of carbonyl (C=O) groups is 1. The molecule has 0 saturated heterocycles. The van der Waals surface area contributed by atoms with Crippen molar-refractivity contribution >= 4 is 27.6 Å². The van der Waals surface area contributed by atoms with E-state index in [4.69, 9.17) is 4.74 Å². The van der Waals surface area contributed by atoms with E-state index in [-0.39, 0.29) is 6.61 Å². The van der Waals surface area contributed by atoms with Crippen molar-refractivity contribution in [2.75, 3.05) is 25.6 Å². The number of benzene rings is 1. The highest BCUT2D eigenvalue weighted by molar-refractivity contribution is 9.10. The second-order valence-electron chi connectivity index (χ2n) is 3.76. The maximum Gasteiger partial charge on any atom is 0.339 e. The van der Waals surface area contributed by atoms with Gasteiger partial charge in [-0.25, -0.2) is 4.79 Å². The lowest BCUT2D eigenvalue weighted by molar-refractivity contribution is -0.153. The van der Waals surface area contributed by atoms with Gasteiger partial charge in [0.2, 0.25) is 0 Å². The fraction of sp³-hybridized carbons (Fsp3) is 0.417. The van der Waals surface area contributed by atoms with Crippen molar-refractivity contribution in [3.63, 3.8) is 0 Å². The van der Waals surface area contributed by atoms with Crippen molar-refractivity contribution in [3.05, 3.63) is 28.2 Å². The molecule has 0 aliphatic heterocycles. The first-order chi connectivity index (χ1) is 7.97. The molecule has 1 N–H and O–H groups in total. The van der Waals surface area contributed by atoms with Crippen molar-refractivity contribution in [2.45, 2.75) is 13.0 Å². The van der Waals surface area contributed by atoms with Gasteiger partial charge in [-0.15, -0.1) is 0 Å². The number of anilines is 1. The molecule has 0 amide bonds. The first-order valence-corrected chi connectivity index (χ1v) is 6.08. The molecule has 0 aliphatic rings. The number of hydrogen-bond acceptors (Lipinski definition) is 4. The maximum absolute atomic E-state index is 11.4. The minimum atomic E-state index is -1.23. The topological polar surface area (TPSA) is 49.8 Å². The third kappa shape index (κ3) is 3.44. The number of carbonyl (C=O) groups excluding carboxylic acids is 1. The van der Waals surface area contributed by atoms with Crippen molar-refractivity contribution < 1.29 is 14.6 Å². The number of nitrogens with zero attached hydrogens (tertiary/aromatic N) is 1. The van der Waals surface area contributed by atoms with Crippen LogP contribution in [0.3, 0.4) is 0 Å². The molecule has 1 atom stereocenters. The van der Waals surface area contributed by atoms with Crippen LogP contribution in [0.5, 0.6) is 0 Å². The SMILES string of the molecule is CCOC(=O)C(O)c1ccc(N(C)C)c(Br)c1. The number of aliphatic hydroxyl groups excluding tert-OH is 1. The zero-order valence-electron chi connectivity index (χ0n) is 10.1. The van der Waals surface area contributed by atoms with Crippen LogP contribution in [-0.4, -0.2) is 31.8 Å². The molecule has 0 fully saturated rings. The molecular formula is C12H16BrNO3. The van der Waals surface area contributed by atoms with Crippen molar-refractivity contribution in [3.8, 4) is 0 Å². The van der Waals surface area contributed by atoms with Crippen LogP contribution in [0.25, 0.3) is 0 Å². The lowest BCUT2D eigenvalue weighted by atomic mass is 10.1. The van der Waals surface area contributed by atoms with Gasteiger partial charge < -0.3 is 14.7 Å². The van der Waals surface area contributed by atoms with Gasteiger partial charge in [0.25, 0.3) is 0 Å². The Hall–Kier alpha value is -1.07. The molecule has 1 aromatic rings. The Balaban J connectivity index is 2.93. The zero-order chi connectivity index (χ0) is 13.0. The Morgan fingerprint density at radius 3 is 2.65 bits per heavy atom. The Bertz CT molecular complexity index is 407. The molecular weight excluding hydrogens is 286 g/mol. The van der Waals surface area contributed by atoms with Crippen LogP contribution in [-0.2, 0) is 9.53 Å². The summed E-state index contributed by atoms with van der Waals surface area (Å²) in [5.41, 5.74) is 1.49. The highest BCUT2D eigenvalue weighted by atomic mass is 79.9. The van der Waals surface area contributed by atoms with E-state index >= 15 is 0 Å². The third-order valence-corrected chi connectivity index (χ3v) is 2.91. The van der Waals surface area contributed by atoms with E-state index in [0.29, 0.717) is 5.56 Å². The minimum Gasteiger partial charge on any atom is -0.464 e. The van der Waals surface area contributed by atoms with Crippen molar-refractivity contribution in [1.82, 2.24) is 0 Å². The molecule has 0 aliphatic carbocycles. The second kappa shape index (κ2) is 6.02. The number of esters is 1. The number of ether oxygens (including phenoxy) is 1. The van der Waals surface area contributed by atoms with Crippen LogP contribution in [0, 0.1) is 0 Å². The first-order valence-electron chi connectivity index (χ1n) is 5.28. The highest BCUT2D eigenvalue weighted by Gasteiger charge is 2.19. The molecule has 0 bridgehead atoms. The Morgan fingerprint density at radius 2 is 2.18 bits per heavy atom. The Kier molecular flexibility index (Phi) is 4.96. The number of halogens is 1. The van der Waals surface area contributed by atoms with Gasteiger partial charge >= 0.3 is 5.97 Å². The second-order valence-corrected chi connectivity index (χ2v) is 4.61. The van der Waals surface area contributed by atoms with E-state index < -0.39 is 12.1 Å². The highest BCUT2D eigenvalue weighted by Crippen LogP contribution is 2.28. The van der Waals surface area contributed by atoms with E-state index in [9.17, 15) is 9.90 Å². The predicted molar refractivity (Wildman–Crippen MR) is 70.1 cm³/mol. The van der Waals surface area contributed by atoms with Crippen LogP contribution < -0.4 is 4.90 Å². The molecule has 4 nitrogen and oxygen atoms in total. The lowest BCUT2D eigenvalue weighted by Gasteiger charge is -2.16. The minimum absolute atomic E-state index is 0.257. The summed E-state index contributed by atoms with van der Waals surface area (Å²) in [6, 6.07) is 5.26. The summed E-state index contributed by atoms with van der Waals surface area (Å²) in [5.74, 6) is -0.628. The van der Waals surface area contributed by atoms with Gasteiger partial charge in [0.05, 0.1) is 12.3 Å². The molecule has 1 rings (SSSR count). The summed E-state index contributed by atoms with van der Waals surface area (Å²) in [5, 5.41) is 9.77. The van der Waals surface area contributed by atoms with Crippen molar-refractivity contribution in [1.29, 1.82) is 0 Å². The average Bonchev–Trinajstić information content (AvgIpc) is 2.27. The van der Waals surface area contributed by atoms with Crippen LogP contribution in [0.4, 0.5) is 5.69 Å². The summed E-state index contributed by atoms with van der Waals surface area (Å²) in [6.07, 6.45) is -1.23. The molecule has 5 heteroatoms. The zero-order valence-corrected chi connectivity index (χ0v) is 11.7. The number of hydrogen-bond donors (Lipinski definition) is 1. The largest absolute Gasteiger partial charge is 0.464 e. The fourth-order valence-electron chi connectivity index (χ4n) is 1.41. The molecule has 17 heavy (non-hydrogen) atoms. The summed E-state index contributed by atoms with van der Waals surface area (Å²) in [4.78, 5) is 13.3. The molecule has 0 spiro atoms. The normalized spacial score (nSPS) is 12.1. The molecule has 0 saturated carbocycles. The predicted octanol–water partition coefficient (Wildman–Crippen LogP) is 2.11. The van der Waals surface area contributed by atoms with Crippen LogP contribution >= 0.6 is 15.9 Å². The van der Waals surface area contributed by atoms with Crippen LogP contribution in [0.15, 0.2) is 22.7 Å². The Morgan fingerprint density at radius 1 is 1.53 bits per heavy atom. The molecule has 1 unspecified atom stereocenters. The van der Waals surface area contributed by atoms with E-state index in [1.165, 1.54) is 0 Å². The van der Waals surface area contributed by atoms with Crippen LogP contribution in [0.2, 0.25) is 0 Å². The van der Waals surface area contributed by atoms with Gasteiger partial charge in [-0.05, 0) is 40.5 Å². The first kappa shape index (κ1) is 14.0. The van der Waals surface area contributed by atoms with Gasteiger partial charge in [-0.3, -0.25) is 0 Å². The summed E-state index contributed by atoms with van der Waals surface area (Å²) < 4.78 is 5.58. The molecule has 94 valence electrons. The van der Waals surface area contributed by atoms with E-state index in [1.807, 2.05) is 25.1 Å². The van der Waals surface area contributed by atoms with Crippen molar-refractivity contribution in [2.24, 2.45) is 0 Å². The van der Waals surface area contributed by atoms with E-state index in [1.54, 1.807) is 19.1 Å². The Labute approximate surface area is 109 Å². The maximum atomic E-state index is 11.4. The van der Waals surface area contributed by atoms with E-state index in [2.05, 4.69) is 15.9 Å². The molecule has 1 aromatic carbocycles. The van der Waals surface area contributed by atoms with Gasteiger partial charge in [0.15, 0.2) is 6.10 Å². The monoisotopic (exact) mass is 301 g/mol. The van der Waals surface area contributed by atoms with Gasteiger partial charge in [0.1, 0.15) is 0 Å². The third-order valence-electron chi connectivity index (χ3n) is 2.28.